The van der Waals surface area contributed by atoms with Gasteiger partial charge in [0.15, 0.2) is 0 Å². The van der Waals surface area contributed by atoms with E-state index in [1.54, 1.807) is 11.8 Å². The van der Waals surface area contributed by atoms with Gasteiger partial charge in [0.05, 0.1) is 12.3 Å². The second-order valence-electron chi connectivity index (χ2n) is 5.08. The minimum absolute atomic E-state index is 0.257. The summed E-state index contributed by atoms with van der Waals surface area (Å²) in [6.45, 7) is 1.82. The van der Waals surface area contributed by atoms with Gasteiger partial charge in [-0.05, 0) is 36.4 Å². The van der Waals surface area contributed by atoms with Crippen molar-refractivity contribution in [3.05, 3.63) is 65.7 Å². The van der Waals surface area contributed by atoms with Crippen molar-refractivity contribution in [1.29, 1.82) is 0 Å². The highest BCUT2D eigenvalue weighted by molar-refractivity contribution is 7.98. The Kier molecular flexibility index (Phi) is 6.57. The number of rotatable bonds is 5. The van der Waals surface area contributed by atoms with Gasteiger partial charge in [-0.2, -0.15) is 5.10 Å². The minimum atomic E-state index is -0.797. The predicted molar refractivity (Wildman–Crippen MR) is 97.0 cm³/mol. The largest absolute Gasteiger partial charge is 0.341 e. The maximum atomic E-state index is 11.9. The molecule has 24 heavy (non-hydrogen) atoms. The number of carbonyl (C=O) groups is 2. The number of hydrogen-bond donors (Lipinski definition) is 2. The fraction of sp³-hybridized carbons (Fsp3) is 0.167. The number of thioether (sulfide) groups is 1. The fourth-order valence-electron chi connectivity index (χ4n) is 1.99. The van der Waals surface area contributed by atoms with Gasteiger partial charge in [-0.3, -0.25) is 9.59 Å². The molecule has 2 N–H and O–H groups in total. The van der Waals surface area contributed by atoms with Gasteiger partial charge in [-0.1, -0.05) is 42.5 Å². The van der Waals surface area contributed by atoms with Crippen LogP contribution in [0.1, 0.15) is 24.1 Å². The summed E-state index contributed by atoms with van der Waals surface area (Å²) in [6, 6.07) is 16.9. The molecule has 0 spiro atoms. The first kappa shape index (κ1) is 17.7. The van der Waals surface area contributed by atoms with Crippen molar-refractivity contribution in [3.63, 3.8) is 0 Å². The molecule has 0 fully saturated rings. The van der Waals surface area contributed by atoms with Crippen LogP contribution in [0.4, 0.5) is 0 Å². The highest BCUT2D eigenvalue weighted by atomic mass is 32.2. The lowest BCUT2D eigenvalue weighted by Crippen LogP contribution is -2.39. The van der Waals surface area contributed by atoms with Gasteiger partial charge in [0, 0.05) is 4.90 Å². The molecule has 6 heteroatoms. The van der Waals surface area contributed by atoms with Crippen molar-refractivity contribution in [2.75, 3.05) is 6.26 Å². The SMILES string of the molecule is CSc1ccc(/C=N\NC(=O)C(=O)N[C@@H](C)c2ccccc2)cc1. The van der Waals surface area contributed by atoms with Gasteiger partial charge in [-0.25, -0.2) is 5.43 Å². The van der Waals surface area contributed by atoms with Crippen LogP contribution in [0.5, 0.6) is 0 Å². The second kappa shape index (κ2) is 8.88. The van der Waals surface area contributed by atoms with E-state index < -0.39 is 11.8 Å². The van der Waals surface area contributed by atoms with Crippen LogP contribution < -0.4 is 10.7 Å². The third-order valence-electron chi connectivity index (χ3n) is 3.35. The average molecular weight is 341 g/mol. The van der Waals surface area contributed by atoms with Crippen LogP contribution in [0.25, 0.3) is 0 Å². The van der Waals surface area contributed by atoms with E-state index in [-0.39, 0.29) is 6.04 Å². The molecule has 0 aliphatic heterocycles. The van der Waals surface area contributed by atoms with Crippen molar-refractivity contribution in [1.82, 2.24) is 10.7 Å². The Morgan fingerprint density at radius 3 is 2.33 bits per heavy atom. The maximum Gasteiger partial charge on any atom is 0.329 e. The fourth-order valence-corrected chi connectivity index (χ4v) is 2.40. The molecule has 0 radical (unpaired) electrons. The first-order valence-electron chi connectivity index (χ1n) is 7.43. The first-order chi connectivity index (χ1) is 11.6. The van der Waals surface area contributed by atoms with Crippen LogP contribution in [-0.4, -0.2) is 24.3 Å². The third kappa shape index (κ3) is 5.24. The molecule has 2 amide bonds. The third-order valence-corrected chi connectivity index (χ3v) is 4.09. The lowest BCUT2D eigenvalue weighted by molar-refractivity contribution is -0.139. The monoisotopic (exact) mass is 341 g/mol. The Morgan fingerprint density at radius 2 is 1.71 bits per heavy atom. The summed E-state index contributed by atoms with van der Waals surface area (Å²) in [4.78, 5) is 24.8. The lowest BCUT2D eigenvalue weighted by Gasteiger charge is -2.13. The van der Waals surface area contributed by atoms with Crippen LogP contribution in [0, 0.1) is 0 Å². The van der Waals surface area contributed by atoms with Crippen molar-refractivity contribution in [2.24, 2.45) is 5.10 Å². The molecule has 2 rings (SSSR count). The molecule has 1 atom stereocenters. The van der Waals surface area contributed by atoms with Crippen LogP contribution in [-0.2, 0) is 9.59 Å². The quantitative estimate of drug-likeness (QED) is 0.380. The smallest absolute Gasteiger partial charge is 0.329 e. The summed E-state index contributed by atoms with van der Waals surface area (Å²) in [5, 5.41) is 6.44. The molecule has 0 unspecified atom stereocenters. The zero-order valence-electron chi connectivity index (χ0n) is 13.5. The summed E-state index contributed by atoms with van der Waals surface area (Å²) in [7, 11) is 0. The number of hydrogen-bond acceptors (Lipinski definition) is 4. The number of benzene rings is 2. The first-order valence-corrected chi connectivity index (χ1v) is 8.65. The predicted octanol–water partition coefficient (Wildman–Crippen LogP) is 2.74. The molecule has 5 nitrogen and oxygen atoms in total. The zero-order chi connectivity index (χ0) is 17.4. The van der Waals surface area contributed by atoms with Crippen molar-refractivity contribution in [3.8, 4) is 0 Å². The molecule has 0 aromatic heterocycles. The van der Waals surface area contributed by atoms with Crippen LogP contribution >= 0.6 is 11.8 Å². The van der Waals surface area contributed by atoms with E-state index in [2.05, 4.69) is 15.8 Å². The van der Waals surface area contributed by atoms with E-state index in [1.165, 1.54) is 6.21 Å². The van der Waals surface area contributed by atoms with Crippen LogP contribution in [0.3, 0.4) is 0 Å². The number of carbonyl (C=O) groups excluding carboxylic acids is 2. The molecule has 2 aromatic carbocycles. The normalized spacial score (nSPS) is 11.9. The molecule has 2 aromatic rings. The maximum absolute atomic E-state index is 11.9. The Bertz CT molecular complexity index is 715. The van der Waals surface area contributed by atoms with Crippen molar-refractivity contribution in [2.45, 2.75) is 17.9 Å². The zero-order valence-corrected chi connectivity index (χ0v) is 14.3. The molecular formula is C18H19N3O2S. The lowest BCUT2D eigenvalue weighted by atomic mass is 10.1. The van der Waals surface area contributed by atoms with E-state index in [1.807, 2.05) is 67.8 Å². The van der Waals surface area contributed by atoms with Crippen LogP contribution in [0.15, 0.2) is 64.6 Å². The van der Waals surface area contributed by atoms with Gasteiger partial charge in [0.2, 0.25) is 0 Å². The molecule has 0 saturated carbocycles. The van der Waals surface area contributed by atoms with Gasteiger partial charge >= 0.3 is 11.8 Å². The van der Waals surface area contributed by atoms with E-state index in [9.17, 15) is 9.59 Å². The van der Waals surface area contributed by atoms with Crippen molar-refractivity contribution < 1.29 is 9.59 Å². The van der Waals surface area contributed by atoms with Gasteiger partial charge < -0.3 is 5.32 Å². The number of hydrazone groups is 1. The molecular weight excluding hydrogens is 322 g/mol. The summed E-state index contributed by atoms with van der Waals surface area (Å²) in [5.41, 5.74) is 4.00. The van der Waals surface area contributed by atoms with E-state index in [4.69, 9.17) is 0 Å². The second-order valence-corrected chi connectivity index (χ2v) is 5.96. The Balaban J connectivity index is 1.84. The summed E-state index contributed by atoms with van der Waals surface area (Å²) in [6.07, 6.45) is 3.49. The van der Waals surface area contributed by atoms with E-state index in [0.717, 1.165) is 16.0 Å². The van der Waals surface area contributed by atoms with Crippen molar-refractivity contribution >= 4 is 29.8 Å². The molecule has 124 valence electrons. The number of amides is 2. The summed E-state index contributed by atoms with van der Waals surface area (Å²) >= 11 is 1.65. The summed E-state index contributed by atoms with van der Waals surface area (Å²) < 4.78 is 0. The summed E-state index contributed by atoms with van der Waals surface area (Å²) in [5.74, 6) is -1.52. The van der Waals surface area contributed by atoms with E-state index in [0.29, 0.717) is 0 Å². The Hall–Kier alpha value is -2.60. The standard InChI is InChI=1S/C18H19N3O2S/c1-13(15-6-4-3-5-7-15)20-17(22)18(23)21-19-12-14-8-10-16(24-2)11-9-14/h3-13H,1-2H3,(H,20,22)(H,21,23)/b19-12-/t13-/m0/s1. The van der Waals surface area contributed by atoms with Gasteiger partial charge in [-0.15, -0.1) is 11.8 Å². The highest BCUT2D eigenvalue weighted by Crippen LogP contribution is 2.14. The molecule has 0 saturated heterocycles. The minimum Gasteiger partial charge on any atom is -0.341 e. The van der Waals surface area contributed by atoms with Gasteiger partial charge in [0.1, 0.15) is 0 Å². The van der Waals surface area contributed by atoms with Crippen LogP contribution in [0.2, 0.25) is 0 Å². The molecule has 0 aliphatic rings. The highest BCUT2D eigenvalue weighted by Gasteiger charge is 2.16. The number of nitrogens with one attached hydrogen (secondary N) is 2. The number of nitrogens with zero attached hydrogens (tertiary/aromatic N) is 1. The average Bonchev–Trinajstić information content (AvgIpc) is 2.62. The molecule has 0 bridgehead atoms. The topological polar surface area (TPSA) is 70.6 Å². The Morgan fingerprint density at radius 1 is 1.04 bits per heavy atom. The van der Waals surface area contributed by atoms with E-state index >= 15 is 0 Å². The Labute approximate surface area is 145 Å². The van der Waals surface area contributed by atoms with Gasteiger partial charge in [0.25, 0.3) is 0 Å². The molecule has 0 heterocycles. The molecule has 0 aliphatic carbocycles.